The molecule has 0 saturated carbocycles. The summed E-state index contributed by atoms with van der Waals surface area (Å²) in [6, 6.07) is 12.1. The summed E-state index contributed by atoms with van der Waals surface area (Å²) in [5, 5.41) is 7.71. The number of thiocarbonyl (C=S) groups is 1. The number of nitrogens with one attached hydrogen (secondary N) is 2. The first-order valence-electron chi connectivity index (χ1n) is 9.63. The lowest BCUT2D eigenvalue weighted by atomic mass is 9.97. The van der Waals surface area contributed by atoms with E-state index in [4.69, 9.17) is 17.0 Å². The van der Waals surface area contributed by atoms with Crippen LogP contribution in [0.25, 0.3) is 0 Å². The molecule has 1 aliphatic rings. The van der Waals surface area contributed by atoms with Crippen LogP contribution >= 0.6 is 23.6 Å². The van der Waals surface area contributed by atoms with Gasteiger partial charge in [0.25, 0.3) is 0 Å². The van der Waals surface area contributed by atoms with Gasteiger partial charge in [0.05, 0.1) is 12.7 Å². The lowest BCUT2D eigenvalue weighted by Gasteiger charge is -2.14. The summed E-state index contributed by atoms with van der Waals surface area (Å²) in [5.41, 5.74) is 3.24. The Morgan fingerprint density at radius 1 is 1.25 bits per heavy atom. The van der Waals surface area contributed by atoms with Crippen LogP contribution in [0.3, 0.4) is 0 Å². The minimum atomic E-state index is -0.353. The summed E-state index contributed by atoms with van der Waals surface area (Å²) in [6.07, 6.45) is 9.11. The highest BCUT2D eigenvalue weighted by Crippen LogP contribution is 2.30. The summed E-state index contributed by atoms with van der Waals surface area (Å²) in [7, 11) is 1.40. The number of hydrogen-bond donors (Lipinski definition) is 2. The molecule has 2 N–H and O–H groups in total. The highest BCUT2D eigenvalue weighted by Gasteiger charge is 2.18. The van der Waals surface area contributed by atoms with E-state index in [1.54, 1.807) is 0 Å². The number of thiophene rings is 1. The minimum absolute atomic E-state index is 0.353. The Morgan fingerprint density at radius 3 is 2.79 bits per heavy atom. The number of hydrogen-bond acceptors (Lipinski definition) is 4. The van der Waals surface area contributed by atoms with E-state index >= 15 is 0 Å². The lowest BCUT2D eigenvalue weighted by Crippen LogP contribution is -2.29. The van der Waals surface area contributed by atoms with Gasteiger partial charge in [-0.3, -0.25) is 0 Å². The predicted octanol–water partition coefficient (Wildman–Crippen LogP) is 5.30. The van der Waals surface area contributed by atoms with Crippen LogP contribution in [0, 0.1) is 0 Å². The molecule has 1 aromatic heterocycles. The van der Waals surface area contributed by atoms with Gasteiger partial charge in [-0.25, -0.2) is 4.79 Å². The third-order valence-electron chi connectivity index (χ3n) is 4.75. The smallest absolute Gasteiger partial charge is 0.340 e. The number of carbonyl (C=O) groups excluding carboxylic acids is 1. The van der Waals surface area contributed by atoms with E-state index in [0.717, 1.165) is 29.3 Å². The largest absolute Gasteiger partial charge is 0.465 e. The van der Waals surface area contributed by atoms with Gasteiger partial charge in [-0.1, -0.05) is 42.0 Å². The Balaban J connectivity index is 1.61. The van der Waals surface area contributed by atoms with E-state index in [9.17, 15) is 4.79 Å². The Kier molecular flexibility index (Phi) is 7.62. The number of rotatable bonds is 7. The van der Waals surface area contributed by atoms with Crippen molar-refractivity contribution in [1.29, 1.82) is 0 Å². The summed E-state index contributed by atoms with van der Waals surface area (Å²) >= 11 is 6.97. The fourth-order valence-corrected chi connectivity index (χ4v) is 4.65. The molecule has 2 aromatic rings. The molecule has 0 fully saturated rings. The normalized spacial score (nSPS) is 13.5. The van der Waals surface area contributed by atoms with Crippen molar-refractivity contribution in [3.63, 3.8) is 0 Å². The molecule has 4 nitrogen and oxygen atoms in total. The van der Waals surface area contributed by atoms with Gasteiger partial charge in [-0.2, -0.15) is 0 Å². The number of esters is 1. The van der Waals surface area contributed by atoms with Crippen molar-refractivity contribution in [3.8, 4) is 0 Å². The maximum Gasteiger partial charge on any atom is 0.340 e. The molecule has 6 heteroatoms. The monoisotopic (exact) mass is 414 g/mol. The molecule has 0 spiro atoms. The van der Waals surface area contributed by atoms with Crippen LogP contribution in [0.4, 0.5) is 5.00 Å². The van der Waals surface area contributed by atoms with Crippen LogP contribution in [-0.4, -0.2) is 24.7 Å². The quantitative estimate of drug-likeness (QED) is 0.366. The third kappa shape index (κ3) is 5.91. The van der Waals surface area contributed by atoms with Gasteiger partial charge in [-0.15, -0.1) is 11.3 Å². The Morgan fingerprint density at radius 2 is 2.07 bits per heavy atom. The van der Waals surface area contributed by atoms with Gasteiger partial charge in [0, 0.05) is 17.8 Å². The molecule has 28 heavy (non-hydrogen) atoms. The van der Waals surface area contributed by atoms with Gasteiger partial charge < -0.3 is 15.4 Å². The second-order valence-electron chi connectivity index (χ2n) is 6.85. The average molecular weight is 415 g/mol. The van der Waals surface area contributed by atoms with E-state index in [2.05, 4.69) is 28.8 Å². The minimum Gasteiger partial charge on any atom is -0.465 e. The molecule has 1 aromatic carbocycles. The molecule has 0 atom stereocenters. The molecular formula is C22H26N2O2S2. The first-order chi connectivity index (χ1) is 13.7. The number of methoxy groups -OCH3 is 1. The number of carbonyl (C=O) groups is 1. The van der Waals surface area contributed by atoms with E-state index in [1.807, 2.05) is 24.3 Å². The number of ether oxygens (including phenoxy) is 1. The molecule has 0 radical (unpaired) electrons. The number of anilines is 1. The summed E-state index contributed by atoms with van der Waals surface area (Å²) in [4.78, 5) is 13.3. The fraction of sp³-hybridized carbons (Fsp3) is 0.364. The standard InChI is InChI=1S/C22H26N2O2S2/c1-26-21(25)19-15-18(14-17-10-6-3-7-11-17)28-20(19)24-22(27)23-13-12-16-8-4-2-5-9-16/h3,6-8,10-11,15H,2,4-5,9,12-14H2,1H3,(H2,23,24,27). The van der Waals surface area contributed by atoms with Gasteiger partial charge in [0.1, 0.15) is 5.00 Å². The lowest BCUT2D eigenvalue weighted by molar-refractivity contribution is 0.0602. The average Bonchev–Trinajstić information content (AvgIpc) is 3.11. The third-order valence-corrected chi connectivity index (χ3v) is 6.05. The van der Waals surface area contributed by atoms with Gasteiger partial charge in [0.15, 0.2) is 5.11 Å². The number of allylic oxidation sites excluding steroid dienone is 1. The second kappa shape index (κ2) is 10.4. The molecule has 3 rings (SSSR count). The molecule has 0 saturated heterocycles. The first kappa shape index (κ1) is 20.6. The van der Waals surface area contributed by atoms with Crippen molar-refractivity contribution in [2.75, 3.05) is 19.0 Å². The van der Waals surface area contributed by atoms with Crippen LogP contribution in [-0.2, 0) is 11.2 Å². The van der Waals surface area contributed by atoms with Crippen molar-refractivity contribution >= 4 is 39.6 Å². The van der Waals surface area contributed by atoms with Crippen LogP contribution in [0.5, 0.6) is 0 Å². The van der Waals surface area contributed by atoms with Crippen LogP contribution in [0.2, 0.25) is 0 Å². The summed E-state index contributed by atoms with van der Waals surface area (Å²) < 4.78 is 4.94. The fourth-order valence-electron chi connectivity index (χ4n) is 3.30. The molecule has 0 amide bonds. The maximum absolute atomic E-state index is 12.2. The van der Waals surface area contributed by atoms with Gasteiger partial charge in [0.2, 0.25) is 0 Å². The zero-order chi connectivity index (χ0) is 19.8. The molecule has 0 aliphatic heterocycles. The highest BCUT2D eigenvalue weighted by molar-refractivity contribution is 7.80. The molecular weight excluding hydrogens is 388 g/mol. The summed E-state index contributed by atoms with van der Waals surface area (Å²) in [6.45, 7) is 0.799. The van der Waals surface area contributed by atoms with E-state index < -0.39 is 0 Å². The number of benzene rings is 1. The van der Waals surface area contributed by atoms with Crippen LogP contribution in [0.1, 0.15) is 52.9 Å². The van der Waals surface area contributed by atoms with E-state index in [-0.39, 0.29) is 5.97 Å². The van der Waals surface area contributed by atoms with Gasteiger partial charge in [-0.05, 0) is 56.0 Å². The van der Waals surface area contributed by atoms with Crippen molar-refractivity contribution < 1.29 is 9.53 Å². The molecule has 1 heterocycles. The second-order valence-corrected chi connectivity index (χ2v) is 8.39. The van der Waals surface area contributed by atoms with Crippen molar-refractivity contribution in [3.05, 3.63) is 64.1 Å². The van der Waals surface area contributed by atoms with Crippen molar-refractivity contribution in [1.82, 2.24) is 5.32 Å². The van der Waals surface area contributed by atoms with Gasteiger partial charge >= 0.3 is 5.97 Å². The predicted molar refractivity (Wildman–Crippen MR) is 120 cm³/mol. The van der Waals surface area contributed by atoms with Crippen molar-refractivity contribution in [2.45, 2.75) is 38.5 Å². The van der Waals surface area contributed by atoms with E-state index in [0.29, 0.717) is 10.7 Å². The highest BCUT2D eigenvalue weighted by atomic mass is 32.1. The molecule has 148 valence electrons. The molecule has 0 bridgehead atoms. The maximum atomic E-state index is 12.2. The summed E-state index contributed by atoms with van der Waals surface area (Å²) in [5.74, 6) is -0.353. The SMILES string of the molecule is COC(=O)c1cc(Cc2ccccc2)sc1NC(=S)NCCC1=CCCCC1. The van der Waals surface area contributed by atoms with E-state index in [1.165, 1.54) is 55.3 Å². The van der Waals surface area contributed by atoms with Crippen LogP contribution in [0.15, 0.2) is 48.0 Å². The molecule has 0 unspecified atom stereocenters. The topological polar surface area (TPSA) is 50.4 Å². The first-order valence-corrected chi connectivity index (χ1v) is 10.9. The molecule has 1 aliphatic carbocycles. The van der Waals surface area contributed by atoms with Crippen molar-refractivity contribution in [2.24, 2.45) is 0 Å². The Labute approximate surface area is 176 Å². The zero-order valence-corrected chi connectivity index (χ0v) is 17.8. The zero-order valence-electron chi connectivity index (χ0n) is 16.1. The van der Waals surface area contributed by atoms with Crippen LogP contribution < -0.4 is 10.6 Å². The Hall–Kier alpha value is -2.18. The Bertz CT molecular complexity index is 843.